The summed E-state index contributed by atoms with van der Waals surface area (Å²) < 4.78 is 6.24. The molecule has 0 amide bonds. The molecule has 1 aromatic heterocycles. The van der Waals surface area contributed by atoms with Crippen LogP contribution in [0.1, 0.15) is 0 Å². The summed E-state index contributed by atoms with van der Waals surface area (Å²) in [5, 5.41) is 9.85. The van der Waals surface area contributed by atoms with E-state index < -0.39 is 0 Å². The van der Waals surface area contributed by atoms with Crippen molar-refractivity contribution in [2.45, 2.75) is 0 Å². The molecule has 0 spiro atoms. The highest BCUT2D eigenvalue weighted by molar-refractivity contribution is 6.14. The second kappa shape index (κ2) is 13.2. The first-order valence-electron chi connectivity index (χ1n) is 19.2. The molecule has 10 aromatic carbocycles. The first kappa shape index (κ1) is 32.0. The Hall–Kier alpha value is -7.42. The lowest BCUT2D eigenvalue weighted by Gasteiger charge is -2.26. The summed E-state index contributed by atoms with van der Waals surface area (Å²) in [5.41, 5.74) is 12.2. The van der Waals surface area contributed by atoms with Crippen LogP contribution in [0.15, 0.2) is 217 Å². The zero-order chi connectivity index (χ0) is 37.0. The largest absolute Gasteiger partial charge is 0.456 e. The van der Waals surface area contributed by atoms with Crippen molar-refractivity contribution >= 4 is 71.3 Å². The first-order valence-corrected chi connectivity index (χ1v) is 19.2. The van der Waals surface area contributed by atoms with Gasteiger partial charge in [0.1, 0.15) is 11.2 Å². The molecule has 56 heavy (non-hydrogen) atoms. The zero-order valence-electron chi connectivity index (χ0n) is 30.6. The molecule has 11 rings (SSSR count). The molecule has 0 N–H and O–H groups in total. The average molecular weight is 714 g/mol. The maximum absolute atomic E-state index is 6.24. The van der Waals surface area contributed by atoms with Crippen molar-refractivity contribution in [3.63, 3.8) is 0 Å². The van der Waals surface area contributed by atoms with Crippen LogP contribution < -0.4 is 4.90 Å². The number of hydrogen-bond acceptors (Lipinski definition) is 2. The van der Waals surface area contributed by atoms with Gasteiger partial charge in [0.2, 0.25) is 0 Å². The topological polar surface area (TPSA) is 16.4 Å². The molecule has 0 bridgehead atoms. The van der Waals surface area contributed by atoms with Gasteiger partial charge in [-0.15, -0.1) is 0 Å². The average Bonchev–Trinajstić information content (AvgIpc) is 3.65. The van der Waals surface area contributed by atoms with E-state index >= 15 is 0 Å². The van der Waals surface area contributed by atoms with Crippen LogP contribution >= 0.6 is 0 Å². The lowest BCUT2D eigenvalue weighted by atomic mass is 9.93. The van der Waals surface area contributed by atoms with Gasteiger partial charge in [-0.1, -0.05) is 152 Å². The van der Waals surface area contributed by atoms with E-state index in [0.29, 0.717) is 0 Å². The Bertz CT molecular complexity index is 3220. The van der Waals surface area contributed by atoms with E-state index in [1.807, 2.05) is 12.1 Å². The Kier molecular flexibility index (Phi) is 7.53. The van der Waals surface area contributed by atoms with Crippen LogP contribution in [0.25, 0.3) is 87.6 Å². The maximum atomic E-state index is 6.24. The Labute approximate surface area is 325 Å². The number of benzene rings is 10. The molecule has 0 saturated heterocycles. The predicted octanol–water partition coefficient (Wildman–Crippen LogP) is 15.5. The van der Waals surface area contributed by atoms with Crippen molar-refractivity contribution in [1.29, 1.82) is 0 Å². The Morgan fingerprint density at radius 2 is 0.768 bits per heavy atom. The molecule has 1 heterocycles. The number of furan rings is 1. The summed E-state index contributed by atoms with van der Waals surface area (Å²) in [5.74, 6) is 0. The number of anilines is 3. The summed E-state index contributed by atoms with van der Waals surface area (Å²) in [6.45, 7) is 0. The van der Waals surface area contributed by atoms with Crippen molar-refractivity contribution in [2.24, 2.45) is 0 Å². The summed E-state index contributed by atoms with van der Waals surface area (Å²) in [4.78, 5) is 2.35. The predicted molar refractivity (Wildman–Crippen MR) is 237 cm³/mol. The Balaban J connectivity index is 0.998. The number of nitrogens with zero attached hydrogens (tertiary/aromatic N) is 1. The van der Waals surface area contributed by atoms with Crippen LogP contribution in [0.2, 0.25) is 0 Å². The highest BCUT2D eigenvalue weighted by Gasteiger charge is 2.16. The molecular weight excluding hydrogens is 679 g/mol. The second-order valence-corrected chi connectivity index (χ2v) is 14.5. The number of fused-ring (bicyclic) bond motifs is 7. The van der Waals surface area contributed by atoms with Gasteiger partial charge in [-0.05, 0) is 126 Å². The summed E-state index contributed by atoms with van der Waals surface area (Å²) in [6, 6.07) is 76.5. The number of hydrogen-bond donors (Lipinski definition) is 0. The molecule has 2 nitrogen and oxygen atoms in total. The summed E-state index contributed by atoms with van der Waals surface area (Å²) >= 11 is 0. The third-order valence-corrected chi connectivity index (χ3v) is 11.3. The van der Waals surface area contributed by atoms with Crippen LogP contribution in [-0.4, -0.2) is 0 Å². The van der Waals surface area contributed by atoms with Gasteiger partial charge in [-0.25, -0.2) is 0 Å². The van der Waals surface area contributed by atoms with E-state index in [0.717, 1.165) is 50.1 Å². The molecule has 0 aliphatic rings. The van der Waals surface area contributed by atoms with Gasteiger partial charge < -0.3 is 9.32 Å². The maximum Gasteiger partial charge on any atom is 0.136 e. The molecule has 0 fully saturated rings. The quantitative estimate of drug-likeness (QED) is 0.160. The highest BCUT2D eigenvalue weighted by atomic mass is 16.3. The first-order chi connectivity index (χ1) is 27.7. The van der Waals surface area contributed by atoms with Crippen molar-refractivity contribution in [2.75, 3.05) is 4.90 Å². The normalized spacial score (nSPS) is 11.6. The minimum Gasteiger partial charge on any atom is -0.456 e. The lowest BCUT2D eigenvalue weighted by molar-refractivity contribution is 0.669. The molecule has 0 aliphatic carbocycles. The van der Waals surface area contributed by atoms with Crippen molar-refractivity contribution in [1.82, 2.24) is 0 Å². The minimum absolute atomic E-state index is 0.903. The molecular formula is C54H35NO. The zero-order valence-corrected chi connectivity index (χ0v) is 30.6. The molecule has 2 heteroatoms. The number of rotatable bonds is 6. The summed E-state index contributed by atoms with van der Waals surface area (Å²) in [7, 11) is 0. The number of para-hydroxylation sites is 1. The Morgan fingerprint density at radius 1 is 0.268 bits per heavy atom. The molecule has 0 radical (unpaired) electrons. The van der Waals surface area contributed by atoms with Crippen molar-refractivity contribution in [3.05, 3.63) is 212 Å². The van der Waals surface area contributed by atoms with Crippen LogP contribution in [0.4, 0.5) is 17.1 Å². The lowest BCUT2D eigenvalue weighted by Crippen LogP contribution is -2.09. The highest BCUT2D eigenvalue weighted by Crippen LogP contribution is 2.41. The third kappa shape index (κ3) is 5.42. The fourth-order valence-electron chi connectivity index (χ4n) is 8.51. The van der Waals surface area contributed by atoms with Gasteiger partial charge in [-0.3, -0.25) is 0 Å². The molecule has 262 valence electrons. The van der Waals surface area contributed by atoms with Crippen LogP contribution in [0.3, 0.4) is 0 Å². The Morgan fingerprint density at radius 3 is 1.48 bits per heavy atom. The van der Waals surface area contributed by atoms with Crippen molar-refractivity contribution in [3.8, 4) is 33.4 Å². The fraction of sp³-hybridized carbons (Fsp3) is 0. The van der Waals surface area contributed by atoms with Crippen LogP contribution in [0, 0.1) is 0 Å². The van der Waals surface area contributed by atoms with Gasteiger partial charge in [0.15, 0.2) is 0 Å². The monoisotopic (exact) mass is 713 g/mol. The van der Waals surface area contributed by atoms with Crippen LogP contribution in [-0.2, 0) is 0 Å². The second-order valence-electron chi connectivity index (χ2n) is 14.5. The van der Waals surface area contributed by atoms with E-state index in [4.69, 9.17) is 4.42 Å². The van der Waals surface area contributed by atoms with Gasteiger partial charge in [-0.2, -0.15) is 0 Å². The molecule has 0 unspecified atom stereocenters. The van der Waals surface area contributed by atoms with E-state index in [2.05, 4.69) is 205 Å². The van der Waals surface area contributed by atoms with Crippen LogP contribution in [0.5, 0.6) is 0 Å². The smallest absolute Gasteiger partial charge is 0.136 e. The van der Waals surface area contributed by atoms with E-state index in [1.165, 1.54) is 54.6 Å². The van der Waals surface area contributed by atoms with E-state index in [9.17, 15) is 0 Å². The van der Waals surface area contributed by atoms with E-state index in [1.54, 1.807) is 0 Å². The van der Waals surface area contributed by atoms with Crippen molar-refractivity contribution < 1.29 is 4.42 Å². The van der Waals surface area contributed by atoms with Gasteiger partial charge in [0.25, 0.3) is 0 Å². The SMILES string of the molecule is c1ccc2c(-c3ccc(N(c4ccc(-c5ccc6c(c5)oc5ccccc56)cc4)c4ccc(-c5cc6ccccc6c6ccccc56)cc4)cc3)cccc2c1. The molecule has 11 aromatic rings. The molecule has 0 atom stereocenters. The van der Waals surface area contributed by atoms with Gasteiger partial charge in [0, 0.05) is 27.8 Å². The van der Waals surface area contributed by atoms with Gasteiger partial charge >= 0.3 is 0 Å². The standard InChI is InChI=1S/C54H35NO/c1-3-13-45-37(10-1)12-9-18-46(45)38-22-29-43(30-23-38)55(42-27-20-36(21-28-42)40-26-33-51-50-17-7-8-19-53(50)56-54(51)35-40)44-31-24-39(25-32-44)52-34-41-11-2-4-14-47(41)48-15-5-6-16-49(48)52/h1-35H. The fourth-order valence-corrected chi connectivity index (χ4v) is 8.51. The van der Waals surface area contributed by atoms with Gasteiger partial charge in [0.05, 0.1) is 0 Å². The molecule has 0 saturated carbocycles. The summed E-state index contributed by atoms with van der Waals surface area (Å²) in [6.07, 6.45) is 0. The van der Waals surface area contributed by atoms with E-state index in [-0.39, 0.29) is 0 Å². The molecule has 0 aliphatic heterocycles. The third-order valence-electron chi connectivity index (χ3n) is 11.3. The minimum atomic E-state index is 0.903.